The maximum atomic E-state index is 12.4. The van der Waals surface area contributed by atoms with Gasteiger partial charge in [-0.1, -0.05) is 25.4 Å². The fraction of sp³-hybridized carbons (Fsp3) is 0.385. The van der Waals surface area contributed by atoms with Gasteiger partial charge in [-0.3, -0.25) is 9.59 Å². The van der Waals surface area contributed by atoms with Gasteiger partial charge in [0.25, 0.3) is 0 Å². The molecule has 19 heavy (non-hydrogen) atoms. The molecule has 0 aromatic heterocycles. The average molecular weight is 346 g/mol. The second kappa shape index (κ2) is 5.51. The molecule has 1 heterocycles. The van der Waals surface area contributed by atoms with E-state index in [9.17, 15) is 9.59 Å². The normalized spacial score (nSPS) is 19.8. The Hall–Kier alpha value is -1.07. The highest BCUT2D eigenvalue weighted by Gasteiger charge is 2.35. The van der Waals surface area contributed by atoms with Crippen molar-refractivity contribution >= 4 is 45.0 Å². The number of nitrogens with one attached hydrogen (secondary N) is 1. The largest absolute Gasteiger partial charge is 0.342 e. The summed E-state index contributed by atoms with van der Waals surface area (Å²) in [7, 11) is 0. The minimum Gasteiger partial charge on any atom is -0.342 e. The minimum absolute atomic E-state index is 0.0378. The first kappa shape index (κ1) is 14.3. The van der Waals surface area contributed by atoms with Gasteiger partial charge in [0.15, 0.2) is 0 Å². The first-order chi connectivity index (χ1) is 8.90. The third-order valence-corrected chi connectivity index (χ3v) is 4.25. The van der Waals surface area contributed by atoms with Crippen molar-refractivity contribution in [2.75, 3.05) is 11.4 Å². The number of hydrogen-bond acceptors (Lipinski definition) is 2. The van der Waals surface area contributed by atoms with Crippen LogP contribution < -0.4 is 10.2 Å². The van der Waals surface area contributed by atoms with Crippen molar-refractivity contribution in [1.29, 1.82) is 0 Å². The summed E-state index contributed by atoms with van der Waals surface area (Å²) < 4.78 is 0.701. The number of carbonyl (C=O) groups excluding carboxylic acids is 2. The van der Waals surface area contributed by atoms with Crippen LogP contribution in [-0.4, -0.2) is 24.4 Å². The Bertz CT molecular complexity index is 533. The Balaban J connectivity index is 2.34. The van der Waals surface area contributed by atoms with Crippen molar-refractivity contribution in [3.8, 4) is 0 Å². The topological polar surface area (TPSA) is 49.4 Å². The van der Waals surface area contributed by atoms with Gasteiger partial charge >= 0.3 is 0 Å². The third kappa shape index (κ3) is 2.92. The average Bonchev–Trinajstić information content (AvgIpc) is 2.35. The highest BCUT2D eigenvalue weighted by molar-refractivity contribution is 9.10. The molecule has 6 heteroatoms. The summed E-state index contributed by atoms with van der Waals surface area (Å²) >= 11 is 9.26. The van der Waals surface area contributed by atoms with E-state index in [0.717, 1.165) is 0 Å². The van der Waals surface area contributed by atoms with Gasteiger partial charge in [-0.05, 0) is 40.0 Å². The lowest BCUT2D eigenvalue weighted by atomic mass is 10.0. The summed E-state index contributed by atoms with van der Waals surface area (Å²) in [5.41, 5.74) is 0.668. The minimum atomic E-state index is -0.476. The van der Waals surface area contributed by atoms with E-state index < -0.39 is 6.04 Å². The van der Waals surface area contributed by atoms with E-state index in [1.807, 2.05) is 13.8 Å². The molecule has 0 spiro atoms. The van der Waals surface area contributed by atoms with E-state index in [0.29, 0.717) is 15.2 Å². The van der Waals surface area contributed by atoms with Gasteiger partial charge in [-0.15, -0.1) is 0 Å². The monoisotopic (exact) mass is 344 g/mol. The molecular formula is C13H14BrClN2O2. The van der Waals surface area contributed by atoms with Crippen LogP contribution in [0.3, 0.4) is 0 Å². The zero-order chi connectivity index (χ0) is 14.2. The maximum Gasteiger partial charge on any atom is 0.250 e. The Labute approximate surface area is 125 Å². The maximum absolute atomic E-state index is 12.4. The summed E-state index contributed by atoms with van der Waals surface area (Å²) in [5.74, 6) is -0.191. The van der Waals surface area contributed by atoms with Crippen LogP contribution in [0.4, 0.5) is 5.69 Å². The van der Waals surface area contributed by atoms with E-state index >= 15 is 0 Å². The molecule has 0 aliphatic carbocycles. The summed E-state index contributed by atoms with van der Waals surface area (Å²) in [6.45, 7) is 3.85. The number of anilines is 1. The van der Waals surface area contributed by atoms with Crippen LogP contribution in [0.5, 0.6) is 0 Å². The van der Waals surface area contributed by atoms with Gasteiger partial charge in [0.1, 0.15) is 12.6 Å². The fourth-order valence-electron chi connectivity index (χ4n) is 1.99. The van der Waals surface area contributed by atoms with Gasteiger partial charge in [0, 0.05) is 10.2 Å². The highest BCUT2D eigenvalue weighted by Crippen LogP contribution is 2.29. The summed E-state index contributed by atoms with van der Waals surface area (Å²) in [6.07, 6.45) is 0. The highest BCUT2D eigenvalue weighted by atomic mass is 79.9. The molecule has 4 nitrogen and oxygen atoms in total. The van der Waals surface area contributed by atoms with Crippen LogP contribution in [0.1, 0.15) is 13.8 Å². The Morgan fingerprint density at radius 1 is 1.42 bits per heavy atom. The lowest BCUT2D eigenvalue weighted by Gasteiger charge is -2.34. The van der Waals surface area contributed by atoms with Crippen LogP contribution in [-0.2, 0) is 9.59 Å². The van der Waals surface area contributed by atoms with E-state index in [1.54, 1.807) is 18.2 Å². The molecule has 0 saturated carbocycles. The smallest absolute Gasteiger partial charge is 0.250 e. The van der Waals surface area contributed by atoms with Crippen molar-refractivity contribution in [3.63, 3.8) is 0 Å². The van der Waals surface area contributed by atoms with Crippen molar-refractivity contribution in [3.05, 3.63) is 27.7 Å². The van der Waals surface area contributed by atoms with Crippen LogP contribution in [0.2, 0.25) is 5.02 Å². The molecular weight excluding hydrogens is 332 g/mol. The van der Waals surface area contributed by atoms with E-state index in [-0.39, 0.29) is 24.3 Å². The molecule has 1 aliphatic heterocycles. The first-order valence-electron chi connectivity index (χ1n) is 5.96. The Morgan fingerprint density at radius 2 is 2.11 bits per heavy atom. The Kier molecular flexibility index (Phi) is 4.16. The van der Waals surface area contributed by atoms with Crippen LogP contribution >= 0.6 is 27.5 Å². The number of rotatable bonds is 2. The summed E-state index contributed by atoms with van der Waals surface area (Å²) in [4.78, 5) is 25.6. The Morgan fingerprint density at radius 3 is 2.68 bits per heavy atom. The molecule has 1 aromatic carbocycles. The first-order valence-corrected chi connectivity index (χ1v) is 7.13. The molecule has 1 N–H and O–H groups in total. The molecule has 1 fully saturated rings. The zero-order valence-corrected chi connectivity index (χ0v) is 13.0. The van der Waals surface area contributed by atoms with Crippen molar-refractivity contribution in [2.24, 2.45) is 5.92 Å². The number of halogens is 2. The van der Waals surface area contributed by atoms with Gasteiger partial charge < -0.3 is 10.2 Å². The molecule has 0 radical (unpaired) electrons. The van der Waals surface area contributed by atoms with Gasteiger partial charge in [-0.25, -0.2) is 0 Å². The van der Waals surface area contributed by atoms with Crippen LogP contribution in [0.25, 0.3) is 0 Å². The summed E-state index contributed by atoms with van der Waals surface area (Å²) in [5, 5.41) is 3.29. The SMILES string of the molecule is CC(C)C1NC(=O)CN(c2ccc(Cl)c(Br)c2)C1=O. The second-order valence-corrected chi connectivity index (χ2v) is 6.07. The standard InChI is InChI=1S/C13H14BrClN2O2/c1-7(2)12-13(19)17(6-11(18)16-12)8-3-4-10(15)9(14)5-8/h3-5,7,12H,6H2,1-2H3,(H,16,18). The van der Waals surface area contributed by atoms with Gasteiger partial charge in [0.05, 0.1) is 5.02 Å². The quantitative estimate of drug-likeness (QED) is 0.895. The molecule has 102 valence electrons. The number of hydrogen-bond donors (Lipinski definition) is 1. The molecule has 2 amide bonds. The molecule has 1 saturated heterocycles. The molecule has 1 unspecified atom stereocenters. The van der Waals surface area contributed by atoms with Crippen LogP contribution in [0.15, 0.2) is 22.7 Å². The molecule has 1 aromatic rings. The zero-order valence-electron chi connectivity index (χ0n) is 10.6. The van der Waals surface area contributed by atoms with Crippen molar-refractivity contribution < 1.29 is 9.59 Å². The van der Waals surface area contributed by atoms with Crippen molar-refractivity contribution in [1.82, 2.24) is 5.32 Å². The molecule has 0 bridgehead atoms. The van der Waals surface area contributed by atoms with Gasteiger partial charge in [0.2, 0.25) is 11.8 Å². The van der Waals surface area contributed by atoms with E-state index in [4.69, 9.17) is 11.6 Å². The molecule has 1 atom stereocenters. The number of carbonyl (C=O) groups is 2. The third-order valence-electron chi connectivity index (χ3n) is 3.03. The predicted octanol–water partition coefficient (Wildman–Crippen LogP) is 2.59. The fourth-order valence-corrected chi connectivity index (χ4v) is 2.48. The number of amides is 2. The van der Waals surface area contributed by atoms with Crippen molar-refractivity contribution in [2.45, 2.75) is 19.9 Å². The number of piperazine rings is 1. The molecule has 1 aliphatic rings. The second-order valence-electron chi connectivity index (χ2n) is 4.81. The van der Waals surface area contributed by atoms with Gasteiger partial charge in [-0.2, -0.15) is 0 Å². The summed E-state index contributed by atoms with van der Waals surface area (Å²) in [6, 6.07) is 4.71. The predicted molar refractivity (Wildman–Crippen MR) is 78.3 cm³/mol. The number of benzene rings is 1. The lowest BCUT2D eigenvalue weighted by molar-refractivity contribution is -0.132. The lowest BCUT2D eigenvalue weighted by Crippen LogP contribution is -2.60. The van der Waals surface area contributed by atoms with E-state index in [1.165, 1.54) is 4.90 Å². The number of nitrogens with zero attached hydrogens (tertiary/aromatic N) is 1. The van der Waals surface area contributed by atoms with E-state index in [2.05, 4.69) is 21.2 Å². The van der Waals surface area contributed by atoms with Crippen LogP contribution in [0, 0.1) is 5.92 Å². The molecule has 2 rings (SSSR count).